The zero-order chi connectivity index (χ0) is 13.0. The second kappa shape index (κ2) is 6.16. The lowest BCUT2D eigenvalue weighted by Gasteiger charge is -2.35. The Labute approximate surface area is 114 Å². The van der Waals surface area contributed by atoms with Gasteiger partial charge in [-0.05, 0) is 37.3 Å². The Kier molecular flexibility index (Phi) is 4.55. The Bertz CT molecular complexity index is 420. The monoisotopic (exact) mass is 264 g/mol. The summed E-state index contributed by atoms with van der Waals surface area (Å²) in [5.74, 6) is 0.572. The lowest BCUT2D eigenvalue weighted by atomic mass is 9.94. The van der Waals surface area contributed by atoms with Gasteiger partial charge in [0.15, 0.2) is 0 Å². The summed E-state index contributed by atoms with van der Waals surface area (Å²) < 4.78 is 0. The highest BCUT2D eigenvalue weighted by Gasteiger charge is 2.21. The van der Waals surface area contributed by atoms with Crippen molar-refractivity contribution in [1.82, 2.24) is 0 Å². The number of hydrogen-bond donors (Lipinski definition) is 2. The number of aliphatic hydroxyl groups excluding tert-OH is 1. The van der Waals surface area contributed by atoms with Gasteiger partial charge in [0.2, 0.25) is 0 Å². The van der Waals surface area contributed by atoms with Gasteiger partial charge >= 0.3 is 0 Å². The molecule has 0 bridgehead atoms. The highest BCUT2D eigenvalue weighted by Crippen LogP contribution is 2.27. The summed E-state index contributed by atoms with van der Waals surface area (Å²) in [4.78, 5) is 2.80. The Morgan fingerprint density at radius 2 is 2.22 bits per heavy atom. The van der Waals surface area contributed by atoms with Crippen molar-refractivity contribution in [1.29, 1.82) is 0 Å². The molecule has 1 aromatic rings. The van der Waals surface area contributed by atoms with Gasteiger partial charge in [0.1, 0.15) is 4.99 Å². The number of aliphatic hydroxyl groups is 1. The number of nitrogens with zero attached hydrogens (tertiary/aromatic N) is 1. The van der Waals surface area contributed by atoms with E-state index in [-0.39, 0.29) is 6.61 Å². The summed E-state index contributed by atoms with van der Waals surface area (Å²) in [5.41, 5.74) is 7.87. The lowest BCUT2D eigenvalue weighted by molar-refractivity contribution is 0.244. The van der Waals surface area contributed by atoms with Crippen LogP contribution in [-0.4, -0.2) is 29.8 Å². The minimum atomic E-state index is 0.273. The molecule has 0 saturated carbocycles. The molecule has 2 rings (SSSR count). The summed E-state index contributed by atoms with van der Waals surface area (Å²) in [6.07, 6.45) is 3.24. The fourth-order valence-electron chi connectivity index (χ4n) is 2.66. The van der Waals surface area contributed by atoms with Crippen LogP contribution in [-0.2, 0) is 0 Å². The van der Waals surface area contributed by atoms with Crippen LogP contribution in [0.3, 0.4) is 0 Å². The molecule has 1 unspecified atom stereocenters. The maximum atomic E-state index is 9.06. The Morgan fingerprint density at radius 3 is 2.94 bits per heavy atom. The molecule has 3 nitrogen and oxygen atoms in total. The zero-order valence-corrected chi connectivity index (χ0v) is 11.3. The van der Waals surface area contributed by atoms with Gasteiger partial charge in [-0.3, -0.25) is 0 Å². The fourth-order valence-corrected chi connectivity index (χ4v) is 2.83. The molecule has 18 heavy (non-hydrogen) atoms. The molecule has 1 atom stereocenters. The van der Waals surface area contributed by atoms with Crippen molar-refractivity contribution < 1.29 is 5.11 Å². The Balaban J connectivity index is 2.18. The van der Waals surface area contributed by atoms with Crippen LogP contribution in [0, 0.1) is 5.92 Å². The highest BCUT2D eigenvalue weighted by molar-refractivity contribution is 7.80. The maximum Gasteiger partial charge on any atom is 0.106 e. The van der Waals surface area contributed by atoms with E-state index in [1.807, 2.05) is 18.2 Å². The molecule has 0 amide bonds. The third kappa shape index (κ3) is 3.00. The molecule has 1 aromatic carbocycles. The lowest BCUT2D eigenvalue weighted by Crippen LogP contribution is -2.37. The second-order valence-corrected chi connectivity index (χ2v) is 5.29. The first-order chi connectivity index (χ1) is 8.72. The van der Waals surface area contributed by atoms with Gasteiger partial charge < -0.3 is 15.7 Å². The maximum absolute atomic E-state index is 9.06. The Hall–Kier alpha value is -1.13. The van der Waals surface area contributed by atoms with Crippen LogP contribution < -0.4 is 10.6 Å². The molecular weight excluding hydrogens is 244 g/mol. The average molecular weight is 264 g/mol. The topological polar surface area (TPSA) is 49.5 Å². The molecule has 0 spiro atoms. The first-order valence-corrected chi connectivity index (χ1v) is 6.88. The van der Waals surface area contributed by atoms with E-state index in [9.17, 15) is 0 Å². The van der Waals surface area contributed by atoms with Gasteiger partial charge in [-0.1, -0.05) is 24.4 Å². The van der Waals surface area contributed by atoms with E-state index in [1.165, 1.54) is 6.42 Å². The first-order valence-electron chi connectivity index (χ1n) is 6.47. The molecule has 1 saturated heterocycles. The molecule has 98 valence electrons. The molecule has 0 aliphatic carbocycles. The van der Waals surface area contributed by atoms with E-state index in [2.05, 4.69) is 11.0 Å². The molecule has 1 fully saturated rings. The normalized spacial score (nSPS) is 19.8. The largest absolute Gasteiger partial charge is 0.396 e. The summed E-state index contributed by atoms with van der Waals surface area (Å²) in [7, 11) is 0. The minimum Gasteiger partial charge on any atom is -0.396 e. The van der Waals surface area contributed by atoms with Crippen molar-refractivity contribution in [2.24, 2.45) is 11.7 Å². The highest BCUT2D eigenvalue weighted by atomic mass is 32.1. The van der Waals surface area contributed by atoms with Crippen LogP contribution in [0.4, 0.5) is 5.69 Å². The van der Waals surface area contributed by atoms with Crippen LogP contribution in [0.2, 0.25) is 0 Å². The SMILES string of the molecule is NC(=S)c1ccccc1N1CCCC(CCO)C1. The number of para-hydroxylation sites is 1. The molecule has 1 aliphatic heterocycles. The zero-order valence-electron chi connectivity index (χ0n) is 10.5. The van der Waals surface area contributed by atoms with E-state index in [4.69, 9.17) is 23.1 Å². The number of thiocarbonyl (C=S) groups is 1. The quantitative estimate of drug-likeness (QED) is 0.816. The molecule has 1 heterocycles. The third-order valence-corrected chi connectivity index (χ3v) is 3.79. The second-order valence-electron chi connectivity index (χ2n) is 4.85. The predicted octanol–water partition coefficient (Wildman–Crippen LogP) is 1.92. The van der Waals surface area contributed by atoms with E-state index < -0.39 is 0 Å². The van der Waals surface area contributed by atoms with E-state index in [0.717, 1.165) is 37.2 Å². The smallest absolute Gasteiger partial charge is 0.106 e. The van der Waals surface area contributed by atoms with Crippen molar-refractivity contribution in [3.63, 3.8) is 0 Å². The average Bonchev–Trinajstić information content (AvgIpc) is 2.39. The van der Waals surface area contributed by atoms with Crippen LogP contribution >= 0.6 is 12.2 Å². The summed E-state index contributed by atoms with van der Waals surface area (Å²) in [6, 6.07) is 8.04. The van der Waals surface area contributed by atoms with Crippen molar-refractivity contribution in [3.8, 4) is 0 Å². The first kappa shape index (κ1) is 13.3. The third-order valence-electron chi connectivity index (χ3n) is 3.57. The molecule has 1 aliphatic rings. The minimum absolute atomic E-state index is 0.273. The van der Waals surface area contributed by atoms with Crippen molar-refractivity contribution >= 4 is 22.9 Å². The number of piperidine rings is 1. The molecular formula is C14H20N2OS. The number of nitrogens with two attached hydrogens (primary N) is 1. The van der Waals surface area contributed by atoms with Gasteiger partial charge in [0.05, 0.1) is 0 Å². The van der Waals surface area contributed by atoms with E-state index >= 15 is 0 Å². The molecule has 3 N–H and O–H groups in total. The molecule has 0 radical (unpaired) electrons. The number of rotatable bonds is 4. The van der Waals surface area contributed by atoms with Gasteiger partial charge in [-0.15, -0.1) is 0 Å². The molecule has 4 heteroatoms. The Morgan fingerprint density at radius 1 is 1.44 bits per heavy atom. The van der Waals surface area contributed by atoms with Crippen molar-refractivity contribution in [2.45, 2.75) is 19.3 Å². The standard InChI is InChI=1S/C14H20N2OS/c15-14(18)12-5-1-2-6-13(12)16-8-3-4-11(10-16)7-9-17/h1-2,5-6,11,17H,3-4,7-10H2,(H2,15,18). The van der Waals surface area contributed by atoms with Crippen molar-refractivity contribution in [3.05, 3.63) is 29.8 Å². The number of anilines is 1. The van der Waals surface area contributed by atoms with Crippen LogP contribution in [0.5, 0.6) is 0 Å². The van der Waals surface area contributed by atoms with Crippen LogP contribution in [0.15, 0.2) is 24.3 Å². The summed E-state index contributed by atoms with van der Waals surface area (Å²) in [6.45, 7) is 2.30. The number of hydrogen-bond acceptors (Lipinski definition) is 3. The van der Waals surface area contributed by atoms with Crippen LogP contribution in [0.1, 0.15) is 24.8 Å². The van der Waals surface area contributed by atoms with Gasteiger partial charge in [0.25, 0.3) is 0 Å². The van der Waals surface area contributed by atoms with Crippen molar-refractivity contribution in [2.75, 3.05) is 24.6 Å². The predicted molar refractivity (Wildman–Crippen MR) is 79.0 cm³/mol. The molecule has 0 aromatic heterocycles. The fraction of sp³-hybridized carbons (Fsp3) is 0.500. The van der Waals surface area contributed by atoms with Gasteiger partial charge in [-0.25, -0.2) is 0 Å². The summed E-state index contributed by atoms with van der Waals surface area (Å²) in [5, 5.41) is 9.06. The van der Waals surface area contributed by atoms with E-state index in [1.54, 1.807) is 0 Å². The van der Waals surface area contributed by atoms with Gasteiger partial charge in [-0.2, -0.15) is 0 Å². The number of benzene rings is 1. The van der Waals surface area contributed by atoms with Crippen LogP contribution in [0.25, 0.3) is 0 Å². The van der Waals surface area contributed by atoms with E-state index in [0.29, 0.717) is 10.9 Å². The van der Waals surface area contributed by atoms with Gasteiger partial charge in [0, 0.05) is 30.9 Å². The summed E-state index contributed by atoms with van der Waals surface area (Å²) >= 11 is 5.11.